The Labute approximate surface area is 134 Å². The number of nitrogens with zero attached hydrogens (tertiary/aromatic N) is 1. The van der Waals surface area contributed by atoms with E-state index in [-0.39, 0.29) is 17.2 Å². The zero-order valence-corrected chi connectivity index (χ0v) is 13.5. The normalized spacial score (nSPS) is 14.8. The second-order valence-corrected chi connectivity index (χ2v) is 7.53. The van der Waals surface area contributed by atoms with E-state index >= 15 is 0 Å². The third kappa shape index (κ3) is 4.88. The van der Waals surface area contributed by atoms with Crippen LogP contribution < -0.4 is 0 Å². The number of benzene rings is 1. The van der Waals surface area contributed by atoms with E-state index in [4.69, 9.17) is 4.74 Å². The van der Waals surface area contributed by atoms with Crippen LogP contribution in [-0.4, -0.2) is 50.5 Å². The smallest absolute Gasteiger partial charge is 0.338 e. The van der Waals surface area contributed by atoms with E-state index in [0.717, 1.165) is 11.2 Å². The number of rotatable bonds is 5. The van der Waals surface area contributed by atoms with Gasteiger partial charge in [0.05, 0.1) is 11.3 Å². The van der Waals surface area contributed by atoms with Gasteiger partial charge in [0.25, 0.3) is 5.91 Å². The van der Waals surface area contributed by atoms with Gasteiger partial charge in [0, 0.05) is 19.2 Å². The predicted octanol–water partition coefficient (Wildman–Crippen LogP) is 0.537. The van der Waals surface area contributed by atoms with Crippen molar-refractivity contribution in [2.75, 3.05) is 19.4 Å². The Hall–Kier alpha value is -2.22. The molecule has 0 N–H and O–H groups in total. The molecule has 1 fully saturated rings. The van der Waals surface area contributed by atoms with Crippen LogP contribution in [0.2, 0.25) is 0 Å². The van der Waals surface area contributed by atoms with Crippen LogP contribution in [0.4, 0.5) is 0 Å². The van der Waals surface area contributed by atoms with Crippen LogP contribution in [0.1, 0.15) is 28.8 Å². The molecule has 0 atom stereocenters. The van der Waals surface area contributed by atoms with Gasteiger partial charge in [0.2, 0.25) is 5.91 Å². The first-order valence-electron chi connectivity index (χ1n) is 7.03. The molecule has 1 aliphatic heterocycles. The first-order chi connectivity index (χ1) is 10.8. The van der Waals surface area contributed by atoms with Crippen LogP contribution in [0.15, 0.2) is 24.3 Å². The quantitative estimate of drug-likeness (QED) is 0.726. The van der Waals surface area contributed by atoms with Gasteiger partial charge in [-0.15, -0.1) is 0 Å². The average Bonchev–Trinajstić information content (AvgIpc) is 2.89. The Morgan fingerprint density at radius 2 is 2.04 bits per heavy atom. The first kappa shape index (κ1) is 17.1. The first-order valence-corrected chi connectivity index (χ1v) is 9.09. The summed E-state index contributed by atoms with van der Waals surface area (Å²) in [5.41, 5.74) is 0.620. The van der Waals surface area contributed by atoms with Crippen LogP contribution in [-0.2, 0) is 29.9 Å². The fourth-order valence-corrected chi connectivity index (χ4v) is 3.08. The lowest BCUT2D eigenvalue weighted by atomic mass is 10.1. The van der Waals surface area contributed by atoms with Gasteiger partial charge in [-0.3, -0.25) is 14.5 Å². The SMILES string of the molecule is CS(=O)(=O)Cc1cccc(C(=O)OCC(=O)N2CCCC2=O)c1. The Balaban J connectivity index is 1.97. The second-order valence-electron chi connectivity index (χ2n) is 5.39. The zero-order chi connectivity index (χ0) is 17.0. The molecule has 1 saturated heterocycles. The summed E-state index contributed by atoms with van der Waals surface area (Å²) in [6.07, 6.45) is 2.04. The highest BCUT2D eigenvalue weighted by Gasteiger charge is 2.27. The van der Waals surface area contributed by atoms with Crippen molar-refractivity contribution in [2.45, 2.75) is 18.6 Å². The maximum absolute atomic E-state index is 11.9. The van der Waals surface area contributed by atoms with Gasteiger partial charge in [-0.25, -0.2) is 13.2 Å². The lowest BCUT2D eigenvalue weighted by molar-refractivity contribution is -0.143. The second kappa shape index (κ2) is 6.91. The molecule has 23 heavy (non-hydrogen) atoms. The maximum Gasteiger partial charge on any atom is 0.338 e. The number of amides is 2. The minimum Gasteiger partial charge on any atom is -0.452 e. The van der Waals surface area contributed by atoms with Crippen molar-refractivity contribution in [3.05, 3.63) is 35.4 Å². The molecule has 124 valence electrons. The van der Waals surface area contributed by atoms with E-state index in [9.17, 15) is 22.8 Å². The largest absolute Gasteiger partial charge is 0.452 e. The highest BCUT2D eigenvalue weighted by atomic mass is 32.2. The molecule has 1 aromatic rings. The lowest BCUT2D eigenvalue weighted by Crippen LogP contribution is -2.35. The third-order valence-corrected chi connectivity index (χ3v) is 4.15. The molecule has 0 aliphatic carbocycles. The topological polar surface area (TPSA) is 97.8 Å². The van der Waals surface area contributed by atoms with Gasteiger partial charge in [-0.05, 0) is 24.1 Å². The molecule has 0 unspecified atom stereocenters. The molecule has 2 rings (SSSR count). The Bertz CT molecular complexity index is 740. The van der Waals surface area contributed by atoms with Crippen molar-refractivity contribution in [3.63, 3.8) is 0 Å². The van der Waals surface area contributed by atoms with Crippen LogP contribution in [0.25, 0.3) is 0 Å². The van der Waals surface area contributed by atoms with Crippen molar-refractivity contribution in [1.82, 2.24) is 4.90 Å². The summed E-state index contributed by atoms with van der Waals surface area (Å²) >= 11 is 0. The van der Waals surface area contributed by atoms with Crippen molar-refractivity contribution < 1.29 is 27.5 Å². The van der Waals surface area contributed by atoms with Crippen molar-refractivity contribution >= 4 is 27.6 Å². The van der Waals surface area contributed by atoms with E-state index < -0.39 is 28.3 Å². The number of imide groups is 1. The lowest BCUT2D eigenvalue weighted by Gasteiger charge is -2.13. The summed E-state index contributed by atoms with van der Waals surface area (Å²) in [6, 6.07) is 6.02. The molecule has 0 radical (unpaired) electrons. The number of carbonyl (C=O) groups excluding carboxylic acids is 3. The Morgan fingerprint density at radius 3 is 2.65 bits per heavy atom. The van der Waals surface area contributed by atoms with Gasteiger partial charge in [0.15, 0.2) is 16.4 Å². The Kier molecular flexibility index (Phi) is 5.15. The van der Waals surface area contributed by atoms with Gasteiger partial charge in [-0.1, -0.05) is 12.1 Å². The molecule has 0 aromatic heterocycles. The standard InChI is InChI=1S/C15H17NO6S/c1-23(20,21)10-11-4-2-5-12(8-11)15(19)22-9-14(18)16-7-3-6-13(16)17/h2,4-5,8H,3,6-7,9-10H2,1H3. The molecule has 0 saturated carbocycles. The average molecular weight is 339 g/mol. The van der Waals surface area contributed by atoms with Gasteiger partial charge in [0.1, 0.15) is 0 Å². The number of sulfone groups is 1. The third-order valence-electron chi connectivity index (χ3n) is 3.29. The molecular formula is C15H17NO6S. The fraction of sp³-hybridized carbons (Fsp3) is 0.400. The molecule has 8 heteroatoms. The Morgan fingerprint density at radius 1 is 1.30 bits per heavy atom. The van der Waals surface area contributed by atoms with E-state index in [1.807, 2.05) is 0 Å². The monoisotopic (exact) mass is 339 g/mol. The van der Waals surface area contributed by atoms with Crippen molar-refractivity contribution in [1.29, 1.82) is 0 Å². The molecule has 0 spiro atoms. The van der Waals surface area contributed by atoms with Gasteiger partial charge in [-0.2, -0.15) is 0 Å². The minimum absolute atomic E-state index is 0.159. The van der Waals surface area contributed by atoms with E-state index in [2.05, 4.69) is 0 Å². The summed E-state index contributed by atoms with van der Waals surface area (Å²) in [4.78, 5) is 36.2. The number of hydrogen-bond acceptors (Lipinski definition) is 6. The van der Waals surface area contributed by atoms with Crippen LogP contribution in [0, 0.1) is 0 Å². The molecule has 1 aliphatic rings. The summed E-state index contributed by atoms with van der Waals surface area (Å²) in [6.45, 7) is -0.167. The highest BCUT2D eigenvalue weighted by Crippen LogP contribution is 2.12. The van der Waals surface area contributed by atoms with E-state index in [1.165, 1.54) is 12.1 Å². The summed E-state index contributed by atoms with van der Waals surface area (Å²) in [5.74, 6) is -1.73. The number of likely N-dealkylation sites (tertiary alicyclic amines) is 1. The highest BCUT2D eigenvalue weighted by molar-refractivity contribution is 7.89. The van der Waals surface area contributed by atoms with E-state index in [1.54, 1.807) is 12.1 Å². The van der Waals surface area contributed by atoms with Crippen LogP contribution in [0.3, 0.4) is 0 Å². The molecule has 2 amide bonds. The summed E-state index contributed by atoms with van der Waals surface area (Å²) in [5, 5.41) is 0. The maximum atomic E-state index is 11.9. The molecule has 0 bridgehead atoms. The number of esters is 1. The van der Waals surface area contributed by atoms with Crippen molar-refractivity contribution in [3.8, 4) is 0 Å². The van der Waals surface area contributed by atoms with Gasteiger partial charge >= 0.3 is 5.97 Å². The predicted molar refractivity (Wildman–Crippen MR) is 81.2 cm³/mol. The molecule has 7 nitrogen and oxygen atoms in total. The fourth-order valence-electron chi connectivity index (χ4n) is 2.29. The molecule has 1 aromatic carbocycles. The van der Waals surface area contributed by atoms with Gasteiger partial charge < -0.3 is 4.74 Å². The van der Waals surface area contributed by atoms with Crippen LogP contribution >= 0.6 is 0 Å². The molecular weight excluding hydrogens is 322 g/mol. The van der Waals surface area contributed by atoms with Crippen LogP contribution in [0.5, 0.6) is 0 Å². The van der Waals surface area contributed by atoms with E-state index in [0.29, 0.717) is 24.9 Å². The minimum atomic E-state index is -3.21. The van der Waals surface area contributed by atoms with Crippen molar-refractivity contribution in [2.24, 2.45) is 0 Å². The zero-order valence-electron chi connectivity index (χ0n) is 12.6. The summed E-state index contributed by atoms with van der Waals surface area (Å²) in [7, 11) is -3.21. The number of ether oxygens (including phenoxy) is 1. The number of carbonyl (C=O) groups is 3. The molecule has 1 heterocycles. The summed E-state index contributed by atoms with van der Waals surface area (Å²) < 4.78 is 27.5. The number of hydrogen-bond donors (Lipinski definition) is 0.